The molecule has 2 aromatic carbocycles. The van der Waals surface area contributed by atoms with Gasteiger partial charge in [0.15, 0.2) is 0 Å². The van der Waals surface area contributed by atoms with Gasteiger partial charge in [0.2, 0.25) is 5.82 Å². The van der Waals surface area contributed by atoms with Crippen molar-refractivity contribution in [2.45, 2.75) is 25.3 Å². The molecule has 1 heterocycles. The van der Waals surface area contributed by atoms with E-state index in [1.165, 1.54) is 4.90 Å². The van der Waals surface area contributed by atoms with Gasteiger partial charge in [-0.05, 0) is 42.7 Å². The van der Waals surface area contributed by atoms with Crippen LogP contribution in [0.1, 0.15) is 40.8 Å². The minimum Gasteiger partial charge on any atom is -0.345 e. The summed E-state index contributed by atoms with van der Waals surface area (Å²) in [6.45, 7) is 0.320. The van der Waals surface area contributed by atoms with E-state index in [4.69, 9.17) is 11.6 Å². The van der Waals surface area contributed by atoms with E-state index in [1.54, 1.807) is 37.0 Å². The fourth-order valence-corrected chi connectivity index (χ4v) is 3.25. The summed E-state index contributed by atoms with van der Waals surface area (Å²) in [5, 5.41) is 10.6. The molecule has 0 aliphatic heterocycles. The summed E-state index contributed by atoms with van der Waals surface area (Å²) >= 11 is 6.33. The third-order valence-corrected chi connectivity index (χ3v) is 5.24. The zero-order valence-electron chi connectivity index (χ0n) is 17.3. The van der Waals surface area contributed by atoms with E-state index < -0.39 is 0 Å². The lowest BCUT2D eigenvalue weighted by molar-refractivity contribution is 0.0940. The van der Waals surface area contributed by atoms with E-state index in [0.29, 0.717) is 28.9 Å². The number of hydrogen-bond donors (Lipinski definition) is 2. The van der Waals surface area contributed by atoms with Crippen LogP contribution in [0.25, 0.3) is 5.69 Å². The maximum Gasteiger partial charge on any atom is 0.321 e. The number of carbonyl (C=O) groups is 2. The molecular formula is C22H23ClN6O2. The van der Waals surface area contributed by atoms with Gasteiger partial charge in [-0.2, -0.15) is 0 Å². The number of anilines is 1. The van der Waals surface area contributed by atoms with E-state index in [1.807, 2.05) is 30.3 Å². The Kier molecular flexibility index (Phi) is 5.90. The van der Waals surface area contributed by atoms with Gasteiger partial charge in [-0.1, -0.05) is 35.9 Å². The molecule has 0 unspecified atom stereocenters. The molecule has 3 aromatic rings. The van der Waals surface area contributed by atoms with Crippen LogP contribution in [0.15, 0.2) is 48.5 Å². The lowest BCUT2D eigenvalue weighted by atomic mass is 10.2. The molecule has 1 aromatic heterocycles. The number of halogens is 1. The third-order valence-electron chi connectivity index (χ3n) is 4.92. The van der Waals surface area contributed by atoms with E-state index in [-0.39, 0.29) is 17.8 Å². The van der Waals surface area contributed by atoms with Crippen molar-refractivity contribution in [1.29, 1.82) is 0 Å². The van der Waals surface area contributed by atoms with Gasteiger partial charge in [0, 0.05) is 32.2 Å². The molecule has 3 amide bonds. The number of hydrogen-bond acceptors (Lipinski definition) is 4. The lowest BCUT2D eigenvalue weighted by Crippen LogP contribution is -2.27. The van der Waals surface area contributed by atoms with Crippen LogP contribution in [0.3, 0.4) is 0 Å². The zero-order valence-corrected chi connectivity index (χ0v) is 18.1. The summed E-state index contributed by atoms with van der Waals surface area (Å²) in [6.07, 6.45) is 2.06. The second-order valence-corrected chi connectivity index (χ2v) is 8.04. The van der Waals surface area contributed by atoms with Gasteiger partial charge in [-0.3, -0.25) is 4.79 Å². The van der Waals surface area contributed by atoms with Crippen molar-refractivity contribution in [2.75, 3.05) is 19.4 Å². The number of rotatable bonds is 6. The number of urea groups is 1. The summed E-state index contributed by atoms with van der Waals surface area (Å²) in [6, 6.07) is 14.5. The molecule has 4 rings (SSSR count). The Morgan fingerprint density at radius 1 is 1.13 bits per heavy atom. The van der Waals surface area contributed by atoms with Gasteiger partial charge in [-0.15, -0.1) is 5.10 Å². The van der Waals surface area contributed by atoms with E-state index >= 15 is 0 Å². The molecule has 0 saturated heterocycles. The third kappa shape index (κ3) is 4.86. The highest BCUT2D eigenvalue weighted by molar-refractivity contribution is 6.32. The molecule has 0 bridgehead atoms. The van der Waals surface area contributed by atoms with Crippen LogP contribution < -0.4 is 10.6 Å². The number of para-hydroxylation sites is 1. The van der Waals surface area contributed by atoms with E-state index in [0.717, 1.165) is 24.2 Å². The molecule has 1 aliphatic carbocycles. The summed E-state index contributed by atoms with van der Waals surface area (Å²) in [7, 11) is 3.35. The highest BCUT2D eigenvalue weighted by Gasteiger charge is 2.32. The topological polar surface area (TPSA) is 92.2 Å². The number of nitrogens with zero attached hydrogens (tertiary/aromatic N) is 4. The largest absolute Gasteiger partial charge is 0.345 e. The van der Waals surface area contributed by atoms with Crippen LogP contribution in [0, 0.1) is 0 Å². The SMILES string of the molecule is CN(C)C(=O)Nc1ccc(CNC(=O)c2nc(C3CC3)n(-c3ccccc3Cl)n2)cc1. The van der Waals surface area contributed by atoms with Gasteiger partial charge < -0.3 is 15.5 Å². The maximum atomic E-state index is 12.7. The summed E-state index contributed by atoms with van der Waals surface area (Å²) in [4.78, 5) is 30.3. The van der Waals surface area contributed by atoms with Crippen LogP contribution in [0.2, 0.25) is 5.02 Å². The first kappa shape index (κ1) is 20.9. The molecule has 2 N–H and O–H groups in total. The number of benzene rings is 2. The summed E-state index contributed by atoms with van der Waals surface area (Å²) < 4.78 is 1.68. The predicted octanol–water partition coefficient (Wildman–Crippen LogP) is 3.82. The van der Waals surface area contributed by atoms with Crippen molar-refractivity contribution in [3.05, 3.63) is 70.8 Å². The van der Waals surface area contributed by atoms with Crippen molar-refractivity contribution in [3.63, 3.8) is 0 Å². The van der Waals surface area contributed by atoms with Gasteiger partial charge in [0.05, 0.1) is 10.7 Å². The average Bonchev–Trinajstić information content (AvgIpc) is 3.51. The monoisotopic (exact) mass is 438 g/mol. The molecule has 1 saturated carbocycles. The molecule has 1 aliphatic rings. The summed E-state index contributed by atoms with van der Waals surface area (Å²) in [5.74, 6) is 0.837. The molecule has 1 fully saturated rings. The minimum atomic E-state index is -0.349. The van der Waals surface area contributed by atoms with Gasteiger partial charge >= 0.3 is 6.03 Å². The second kappa shape index (κ2) is 8.77. The standard InChI is InChI=1S/C22H23ClN6O2/c1-28(2)22(31)25-16-11-7-14(8-12-16)13-24-21(30)19-26-20(15-9-10-15)29(27-19)18-6-4-3-5-17(18)23/h3-8,11-12,15H,9-10,13H2,1-2H3,(H,24,30)(H,25,31). The smallest absolute Gasteiger partial charge is 0.321 e. The van der Waals surface area contributed by atoms with Crippen molar-refractivity contribution in [3.8, 4) is 5.69 Å². The van der Waals surface area contributed by atoms with Gasteiger partial charge in [-0.25, -0.2) is 14.5 Å². The molecule has 160 valence electrons. The molecule has 0 spiro atoms. The second-order valence-electron chi connectivity index (χ2n) is 7.64. The normalized spacial score (nSPS) is 13.0. The fraction of sp³-hybridized carbons (Fsp3) is 0.273. The first-order valence-corrected chi connectivity index (χ1v) is 10.4. The average molecular weight is 439 g/mol. The molecule has 8 nitrogen and oxygen atoms in total. The lowest BCUT2D eigenvalue weighted by Gasteiger charge is -2.12. The number of aromatic nitrogens is 3. The quantitative estimate of drug-likeness (QED) is 0.611. The Hall–Kier alpha value is -3.39. The predicted molar refractivity (Wildman–Crippen MR) is 119 cm³/mol. The number of carbonyl (C=O) groups excluding carboxylic acids is 2. The Morgan fingerprint density at radius 2 is 1.84 bits per heavy atom. The molecule has 9 heteroatoms. The first-order valence-electron chi connectivity index (χ1n) is 9.99. The molecular weight excluding hydrogens is 416 g/mol. The fourth-order valence-electron chi connectivity index (χ4n) is 3.03. The Morgan fingerprint density at radius 3 is 2.48 bits per heavy atom. The van der Waals surface area contributed by atoms with Crippen LogP contribution in [-0.2, 0) is 6.54 Å². The molecule has 31 heavy (non-hydrogen) atoms. The Bertz CT molecular complexity index is 1110. The number of amides is 3. The zero-order chi connectivity index (χ0) is 22.0. The van der Waals surface area contributed by atoms with Crippen LogP contribution in [0.4, 0.5) is 10.5 Å². The Labute approximate surface area is 185 Å². The van der Waals surface area contributed by atoms with Gasteiger partial charge in [0.25, 0.3) is 5.91 Å². The van der Waals surface area contributed by atoms with Crippen molar-refractivity contribution >= 4 is 29.2 Å². The van der Waals surface area contributed by atoms with Gasteiger partial charge in [0.1, 0.15) is 5.82 Å². The highest BCUT2D eigenvalue weighted by atomic mass is 35.5. The van der Waals surface area contributed by atoms with E-state index in [2.05, 4.69) is 20.7 Å². The van der Waals surface area contributed by atoms with E-state index in [9.17, 15) is 9.59 Å². The van der Waals surface area contributed by atoms with Crippen LogP contribution in [0.5, 0.6) is 0 Å². The van der Waals surface area contributed by atoms with Crippen molar-refractivity contribution in [2.24, 2.45) is 0 Å². The molecule has 0 radical (unpaired) electrons. The maximum absolute atomic E-state index is 12.7. The Balaban J connectivity index is 1.44. The van der Waals surface area contributed by atoms with Crippen molar-refractivity contribution < 1.29 is 9.59 Å². The first-order chi connectivity index (χ1) is 14.9. The van der Waals surface area contributed by atoms with Crippen LogP contribution in [-0.4, -0.2) is 45.7 Å². The number of nitrogens with one attached hydrogen (secondary N) is 2. The van der Waals surface area contributed by atoms with Crippen LogP contribution >= 0.6 is 11.6 Å². The minimum absolute atomic E-state index is 0.122. The summed E-state index contributed by atoms with van der Waals surface area (Å²) in [5.41, 5.74) is 2.29. The van der Waals surface area contributed by atoms with Crippen molar-refractivity contribution in [1.82, 2.24) is 25.0 Å². The highest BCUT2D eigenvalue weighted by Crippen LogP contribution is 2.40. The molecule has 0 atom stereocenters.